The second-order valence-electron chi connectivity index (χ2n) is 9.25. The standard InChI is InChI=1S/C26H32O4/c1-28-18-9-11-20(22(27)16-18)26-15-7-4-8-24(26)25(13-5-3-6-14-25)21-12-10-19(29-2)17-23(21)30-26/h9-12,16-17,24,27H,3-8,13-15H2,1-2H3/t24-,26-/m0/s1. The van der Waals surface area contributed by atoms with Crippen molar-refractivity contribution in [3.05, 3.63) is 47.5 Å². The van der Waals surface area contributed by atoms with Gasteiger partial charge < -0.3 is 19.3 Å². The van der Waals surface area contributed by atoms with E-state index in [4.69, 9.17) is 14.2 Å². The van der Waals surface area contributed by atoms with Crippen LogP contribution < -0.4 is 14.2 Å². The number of ether oxygens (including phenoxy) is 3. The average molecular weight is 409 g/mol. The first-order valence-corrected chi connectivity index (χ1v) is 11.4. The number of rotatable bonds is 3. The fourth-order valence-electron chi connectivity index (χ4n) is 6.67. The van der Waals surface area contributed by atoms with Crippen molar-refractivity contribution in [2.75, 3.05) is 14.2 Å². The Labute approximate surface area is 179 Å². The molecular weight excluding hydrogens is 376 g/mol. The van der Waals surface area contributed by atoms with Gasteiger partial charge in [0.1, 0.15) is 28.6 Å². The lowest BCUT2D eigenvalue weighted by Gasteiger charge is -2.58. The van der Waals surface area contributed by atoms with Crippen molar-refractivity contribution in [1.82, 2.24) is 0 Å². The molecule has 3 aliphatic rings. The average Bonchev–Trinajstić information content (AvgIpc) is 2.79. The fraction of sp³-hybridized carbons (Fsp3) is 0.538. The highest BCUT2D eigenvalue weighted by Crippen LogP contribution is 2.64. The van der Waals surface area contributed by atoms with Crippen LogP contribution in [0.1, 0.15) is 68.9 Å². The van der Waals surface area contributed by atoms with Crippen LogP contribution in [0.2, 0.25) is 0 Å². The zero-order valence-corrected chi connectivity index (χ0v) is 18.1. The number of hydrogen-bond acceptors (Lipinski definition) is 4. The van der Waals surface area contributed by atoms with E-state index in [2.05, 4.69) is 18.2 Å². The maximum absolute atomic E-state index is 11.1. The molecule has 0 bridgehead atoms. The molecule has 2 aliphatic carbocycles. The molecule has 2 aromatic carbocycles. The molecule has 0 unspecified atom stereocenters. The molecule has 160 valence electrons. The molecular formula is C26H32O4. The maximum atomic E-state index is 11.1. The Morgan fingerprint density at radius 3 is 2.20 bits per heavy atom. The van der Waals surface area contributed by atoms with Gasteiger partial charge in [0.15, 0.2) is 0 Å². The van der Waals surface area contributed by atoms with E-state index < -0.39 is 5.60 Å². The summed E-state index contributed by atoms with van der Waals surface area (Å²) < 4.78 is 17.8. The van der Waals surface area contributed by atoms with Crippen LogP contribution in [0, 0.1) is 5.92 Å². The third-order valence-corrected chi connectivity index (χ3v) is 7.94. The Morgan fingerprint density at radius 1 is 0.833 bits per heavy atom. The summed E-state index contributed by atoms with van der Waals surface area (Å²) in [4.78, 5) is 0. The summed E-state index contributed by atoms with van der Waals surface area (Å²) in [6.45, 7) is 0. The van der Waals surface area contributed by atoms with Gasteiger partial charge in [0.25, 0.3) is 0 Å². The highest BCUT2D eigenvalue weighted by atomic mass is 16.5. The van der Waals surface area contributed by atoms with E-state index in [1.165, 1.54) is 44.1 Å². The molecule has 0 saturated heterocycles. The van der Waals surface area contributed by atoms with Crippen molar-refractivity contribution >= 4 is 0 Å². The molecule has 2 aromatic rings. The molecule has 5 rings (SSSR count). The third kappa shape index (κ3) is 2.79. The minimum absolute atomic E-state index is 0.102. The molecule has 1 N–H and O–H groups in total. The van der Waals surface area contributed by atoms with E-state index in [1.54, 1.807) is 20.3 Å². The lowest BCUT2D eigenvalue weighted by Crippen LogP contribution is -2.57. The molecule has 2 fully saturated rings. The van der Waals surface area contributed by atoms with E-state index in [0.717, 1.165) is 36.3 Å². The minimum atomic E-state index is -0.509. The smallest absolute Gasteiger partial charge is 0.141 e. The molecule has 0 amide bonds. The van der Waals surface area contributed by atoms with Gasteiger partial charge in [-0.25, -0.2) is 0 Å². The molecule has 30 heavy (non-hydrogen) atoms. The van der Waals surface area contributed by atoms with E-state index in [9.17, 15) is 5.11 Å². The molecule has 2 atom stereocenters. The van der Waals surface area contributed by atoms with E-state index in [-0.39, 0.29) is 11.2 Å². The zero-order chi connectivity index (χ0) is 20.8. The Balaban J connectivity index is 1.73. The molecule has 4 nitrogen and oxygen atoms in total. The molecule has 1 heterocycles. The first-order valence-electron chi connectivity index (χ1n) is 11.4. The van der Waals surface area contributed by atoms with E-state index >= 15 is 0 Å². The normalized spacial score (nSPS) is 26.9. The van der Waals surface area contributed by atoms with Crippen LogP contribution >= 0.6 is 0 Å². The lowest BCUT2D eigenvalue weighted by atomic mass is 9.51. The van der Waals surface area contributed by atoms with Gasteiger partial charge in [-0.1, -0.05) is 31.7 Å². The number of hydrogen-bond donors (Lipinski definition) is 1. The zero-order valence-electron chi connectivity index (χ0n) is 18.1. The van der Waals surface area contributed by atoms with Crippen molar-refractivity contribution in [2.45, 2.75) is 68.8 Å². The van der Waals surface area contributed by atoms with Gasteiger partial charge in [0.05, 0.1) is 14.2 Å². The quantitative estimate of drug-likeness (QED) is 0.668. The summed E-state index contributed by atoms with van der Waals surface area (Å²) in [7, 11) is 3.34. The van der Waals surface area contributed by atoms with Crippen molar-refractivity contribution in [2.24, 2.45) is 5.92 Å². The Hall–Kier alpha value is -2.36. The monoisotopic (exact) mass is 408 g/mol. The van der Waals surface area contributed by atoms with E-state index in [0.29, 0.717) is 11.7 Å². The summed E-state index contributed by atoms with van der Waals surface area (Å²) in [5.74, 6) is 3.07. The topological polar surface area (TPSA) is 47.9 Å². The van der Waals surface area contributed by atoms with Crippen molar-refractivity contribution in [3.8, 4) is 23.0 Å². The number of methoxy groups -OCH3 is 2. The molecule has 4 heteroatoms. The van der Waals surface area contributed by atoms with Crippen molar-refractivity contribution in [3.63, 3.8) is 0 Å². The summed E-state index contributed by atoms with van der Waals surface area (Å²) in [6, 6.07) is 12.1. The number of phenolic OH excluding ortho intramolecular Hbond substituents is 1. The summed E-state index contributed by atoms with van der Waals surface area (Å²) in [5.41, 5.74) is 1.85. The molecule has 1 aliphatic heterocycles. The van der Waals surface area contributed by atoms with Gasteiger partial charge in [-0.05, 0) is 50.3 Å². The molecule has 0 aromatic heterocycles. The van der Waals surface area contributed by atoms with Gasteiger partial charge in [0.2, 0.25) is 0 Å². The summed E-state index contributed by atoms with van der Waals surface area (Å²) >= 11 is 0. The van der Waals surface area contributed by atoms with E-state index in [1.807, 2.05) is 12.1 Å². The number of aromatic hydroxyl groups is 1. The first-order chi connectivity index (χ1) is 14.6. The lowest BCUT2D eigenvalue weighted by molar-refractivity contribution is -0.0960. The number of phenols is 1. The highest BCUT2D eigenvalue weighted by molar-refractivity contribution is 5.52. The number of fused-ring (bicyclic) bond motifs is 4. The maximum Gasteiger partial charge on any atom is 0.141 e. The summed E-state index contributed by atoms with van der Waals surface area (Å²) in [5, 5.41) is 11.1. The SMILES string of the molecule is COc1ccc([C@@]23CCCC[C@H]2C2(CCCCC2)c2ccc(OC)cc2O3)c(O)c1. The second kappa shape index (κ2) is 7.40. The van der Waals surface area contributed by atoms with Crippen LogP contribution in [0.3, 0.4) is 0 Å². The van der Waals surface area contributed by atoms with Crippen LogP contribution in [0.5, 0.6) is 23.0 Å². The van der Waals surface area contributed by atoms with Crippen LogP contribution in [0.15, 0.2) is 36.4 Å². The molecule has 0 radical (unpaired) electrons. The first kappa shape index (κ1) is 19.6. The Bertz CT molecular complexity index is 931. The second-order valence-corrected chi connectivity index (χ2v) is 9.25. The van der Waals surface area contributed by atoms with Crippen LogP contribution in [0.25, 0.3) is 0 Å². The van der Waals surface area contributed by atoms with Crippen LogP contribution in [-0.2, 0) is 11.0 Å². The Kier molecular flexibility index (Phi) is 4.83. The minimum Gasteiger partial charge on any atom is -0.507 e. The fourth-order valence-corrected chi connectivity index (χ4v) is 6.67. The summed E-state index contributed by atoms with van der Waals surface area (Å²) in [6.07, 6.45) is 10.6. The van der Waals surface area contributed by atoms with Crippen LogP contribution in [0.4, 0.5) is 0 Å². The predicted octanol–water partition coefficient (Wildman–Crippen LogP) is 6.09. The van der Waals surface area contributed by atoms with Gasteiger partial charge >= 0.3 is 0 Å². The highest BCUT2D eigenvalue weighted by Gasteiger charge is 2.59. The van der Waals surface area contributed by atoms with Crippen molar-refractivity contribution < 1.29 is 19.3 Å². The van der Waals surface area contributed by atoms with Gasteiger partial charge in [-0.3, -0.25) is 0 Å². The third-order valence-electron chi connectivity index (χ3n) is 7.94. The Morgan fingerprint density at radius 2 is 1.50 bits per heavy atom. The number of benzene rings is 2. The largest absolute Gasteiger partial charge is 0.507 e. The van der Waals surface area contributed by atoms with Gasteiger partial charge in [-0.2, -0.15) is 0 Å². The van der Waals surface area contributed by atoms with Gasteiger partial charge in [-0.15, -0.1) is 0 Å². The predicted molar refractivity (Wildman–Crippen MR) is 117 cm³/mol. The van der Waals surface area contributed by atoms with Gasteiger partial charge in [0, 0.05) is 34.6 Å². The van der Waals surface area contributed by atoms with Crippen LogP contribution in [-0.4, -0.2) is 19.3 Å². The molecule has 1 spiro atoms. The molecule has 2 saturated carbocycles. The van der Waals surface area contributed by atoms with Crippen molar-refractivity contribution in [1.29, 1.82) is 0 Å².